The molecule has 0 radical (unpaired) electrons. The van der Waals surface area contributed by atoms with Crippen LogP contribution in [0.1, 0.15) is 31.4 Å². The highest BCUT2D eigenvalue weighted by molar-refractivity contribution is 7.90. The molecule has 0 spiro atoms. The molecule has 1 atom stereocenters. The van der Waals surface area contributed by atoms with Crippen LogP contribution >= 0.6 is 0 Å². The van der Waals surface area contributed by atoms with Crippen LogP contribution in [0, 0.1) is 5.92 Å². The Morgan fingerprint density at radius 1 is 1.23 bits per heavy atom. The third-order valence-corrected chi connectivity index (χ3v) is 6.68. The summed E-state index contributed by atoms with van der Waals surface area (Å²) in [5.74, 6) is 1.22. The number of hydrogen-bond donors (Lipinski definition) is 3. The zero-order valence-electron chi connectivity index (χ0n) is 17.2. The lowest BCUT2D eigenvalue weighted by Gasteiger charge is -2.29. The Hall–Kier alpha value is -2.20. The van der Waals surface area contributed by atoms with E-state index in [1.165, 1.54) is 4.31 Å². The van der Waals surface area contributed by atoms with Crippen molar-refractivity contribution in [1.29, 1.82) is 0 Å². The lowest BCUT2D eigenvalue weighted by molar-refractivity contribution is 0.171. The number of benzene rings is 1. The van der Waals surface area contributed by atoms with E-state index in [0.717, 1.165) is 18.4 Å². The summed E-state index contributed by atoms with van der Waals surface area (Å²) in [6.07, 6.45) is 4.47. The normalized spacial score (nSPS) is 16.9. The first kappa shape index (κ1) is 22.5. The molecule has 3 N–H and O–H groups in total. The summed E-state index contributed by atoms with van der Waals surface area (Å²) in [6, 6.07) is 10.5. The lowest BCUT2D eigenvalue weighted by Crippen LogP contribution is -2.41. The highest BCUT2D eigenvalue weighted by Gasteiger charge is 2.26. The molecule has 0 amide bonds. The van der Waals surface area contributed by atoms with Crippen LogP contribution < -0.4 is 14.8 Å². The smallest absolute Gasteiger partial charge is 0.301 e. The van der Waals surface area contributed by atoms with Gasteiger partial charge in [-0.25, -0.2) is 0 Å². The molecule has 0 aliphatic carbocycles. The van der Waals surface area contributed by atoms with Gasteiger partial charge in [0.1, 0.15) is 12.4 Å². The highest BCUT2D eigenvalue weighted by Crippen LogP contribution is 2.21. The minimum absolute atomic E-state index is 0.408. The first-order valence-electron chi connectivity index (χ1n) is 10.2. The van der Waals surface area contributed by atoms with Gasteiger partial charge in [0.15, 0.2) is 0 Å². The lowest BCUT2D eigenvalue weighted by atomic mass is 10.0. The zero-order chi connectivity index (χ0) is 21.4. The van der Waals surface area contributed by atoms with Crippen LogP contribution in [0.5, 0.6) is 5.75 Å². The molecule has 1 aromatic carbocycles. The van der Waals surface area contributed by atoms with Crippen LogP contribution in [0.15, 0.2) is 48.8 Å². The molecule has 2 aromatic rings. The van der Waals surface area contributed by atoms with E-state index in [1.807, 2.05) is 6.07 Å². The van der Waals surface area contributed by atoms with Gasteiger partial charge in [0, 0.05) is 44.1 Å². The van der Waals surface area contributed by atoms with Crippen molar-refractivity contribution in [2.24, 2.45) is 5.92 Å². The molecule has 9 heteroatoms. The summed E-state index contributed by atoms with van der Waals surface area (Å²) in [5.41, 5.74) is 1.28. The number of piperidine rings is 1. The monoisotopic (exact) mass is 434 g/mol. The molecule has 30 heavy (non-hydrogen) atoms. The number of hydrogen-bond acceptors (Lipinski definition) is 6. The molecular weight excluding hydrogens is 404 g/mol. The van der Waals surface area contributed by atoms with Crippen molar-refractivity contribution in [2.45, 2.75) is 25.9 Å². The summed E-state index contributed by atoms with van der Waals surface area (Å²) < 4.78 is 34.8. The van der Waals surface area contributed by atoms with Gasteiger partial charge in [0.05, 0.1) is 11.8 Å². The number of aromatic nitrogens is 1. The molecule has 164 valence electrons. The molecule has 0 saturated carbocycles. The standard InChI is InChI=1S/C21H30N4O4S/c1-17-8-12-25(13-9-17)30(27,28)24-19-4-6-20(7-5-19)29-14-11-23-16-21(26)18-3-2-10-22-15-18/h2-7,10,15,17,21,23-24,26H,8-9,11-14,16H2,1H3/t21-/m1/s1. The van der Waals surface area contributed by atoms with E-state index >= 15 is 0 Å². The van der Waals surface area contributed by atoms with Crippen molar-refractivity contribution in [3.63, 3.8) is 0 Å². The van der Waals surface area contributed by atoms with Crippen molar-refractivity contribution < 1.29 is 18.3 Å². The predicted octanol–water partition coefficient (Wildman–Crippen LogP) is 2.17. The Kier molecular flexibility index (Phi) is 8.03. The second-order valence-corrected chi connectivity index (χ2v) is 9.24. The fourth-order valence-corrected chi connectivity index (χ4v) is 4.48. The minimum atomic E-state index is -3.52. The fraction of sp³-hybridized carbons (Fsp3) is 0.476. The van der Waals surface area contributed by atoms with Crippen molar-refractivity contribution >= 4 is 15.9 Å². The van der Waals surface area contributed by atoms with E-state index in [0.29, 0.717) is 50.1 Å². The molecule has 1 aliphatic rings. The van der Waals surface area contributed by atoms with E-state index in [1.54, 1.807) is 42.7 Å². The number of aliphatic hydroxyl groups is 1. The van der Waals surface area contributed by atoms with E-state index < -0.39 is 16.3 Å². The number of pyridine rings is 1. The predicted molar refractivity (Wildman–Crippen MR) is 117 cm³/mol. The topological polar surface area (TPSA) is 104 Å². The SMILES string of the molecule is CC1CCN(S(=O)(=O)Nc2ccc(OCCNC[C@@H](O)c3cccnc3)cc2)CC1. The maximum Gasteiger partial charge on any atom is 0.301 e. The van der Waals surface area contributed by atoms with Gasteiger partial charge in [-0.1, -0.05) is 13.0 Å². The molecule has 2 heterocycles. The molecule has 0 bridgehead atoms. The van der Waals surface area contributed by atoms with Crippen molar-refractivity contribution in [2.75, 3.05) is 37.5 Å². The highest BCUT2D eigenvalue weighted by atomic mass is 32.2. The van der Waals surface area contributed by atoms with Crippen molar-refractivity contribution in [3.05, 3.63) is 54.4 Å². The quantitative estimate of drug-likeness (QED) is 0.495. The van der Waals surface area contributed by atoms with Crippen LogP contribution in [0.4, 0.5) is 5.69 Å². The van der Waals surface area contributed by atoms with E-state index in [4.69, 9.17) is 4.74 Å². The fourth-order valence-electron chi connectivity index (χ4n) is 3.23. The number of anilines is 1. The molecule has 0 unspecified atom stereocenters. The number of aliphatic hydroxyl groups excluding tert-OH is 1. The molecule has 8 nitrogen and oxygen atoms in total. The van der Waals surface area contributed by atoms with Gasteiger partial charge < -0.3 is 15.2 Å². The Morgan fingerprint density at radius 2 is 1.97 bits per heavy atom. The van der Waals surface area contributed by atoms with Gasteiger partial charge in [-0.05, 0) is 49.1 Å². The average molecular weight is 435 g/mol. The van der Waals surface area contributed by atoms with Crippen LogP contribution in [-0.4, -0.2) is 55.6 Å². The van der Waals surface area contributed by atoms with Gasteiger partial charge in [-0.3, -0.25) is 9.71 Å². The van der Waals surface area contributed by atoms with Crippen molar-refractivity contribution in [3.8, 4) is 5.75 Å². The van der Waals surface area contributed by atoms with Crippen molar-refractivity contribution in [1.82, 2.24) is 14.6 Å². The first-order chi connectivity index (χ1) is 14.4. The number of nitrogens with one attached hydrogen (secondary N) is 2. The third-order valence-electron chi connectivity index (χ3n) is 5.14. The number of nitrogens with zero attached hydrogens (tertiary/aromatic N) is 2. The molecule has 1 fully saturated rings. The van der Waals surface area contributed by atoms with Crippen LogP contribution in [0.3, 0.4) is 0 Å². The summed E-state index contributed by atoms with van der Waals surface area (Å²) in [6.45, 7) is 4.66. The number of ether oxygens (including phenoxy) is 1. The summed E-state index contributed by atoms with van der Waals surface area (Å²) in [7, 11) is -3.52. The maximum atomic E-state index is 12.5. The summed E-state index contributed by atoms with van der Waals surface area (Å²) >= 11 is 0. The Labute approximate surface area is 178 Å². The summed E-state index contributed by atoms with van der Waals surface area (Å²) in [5, 5.41) is 13.2. The van der Waals surface area contributed by atoms with Crippen LogP contribution in [0.25, 0.3) is 0 Å². The zero-order valence-corrected chi connectivity index (χ0v) is 18.0. The van der Waals surface area contributed by atoms with Gasteiger partial charge in [-0.2, -0.15) is 12.7 Å². The molecule has 1 aliphatic heterocycles. The average Bonchev–Trinajstić information content (AvgIpc) is 2.75. The Bertz CT molecular complexity index is 870. The summed E-state index contributed by atoms with van der Waals surface area (Å²) in [4.78, 5) is 3.99. The molecule has 1 saturated heterocycles. The molecular formula is C21H30N4O4S. The second kappa shape index (κ2) is 10.7. The largest absolute Gasteiger partial charge is 0.492 e. The first-order valence-corrected chi connectivity index (χ1v) is 11.7. The number of rotatable bonds is 10. The third kappa shape index (κ3) is 6.66. The Balaban J connectivity index is 1.38. The Morgan fingerprint density at radius 3 is 2.63 bits per heavy atom. The van der Waals surface area contributed by atoms with Gasteiger partial charge in [-0.15, -0.1) is 0 Å². The molecule has 3 rings (SSSR count). The minimum Gasteiger partial charge on any atom is -0.492 e. The van der Waals surface area contributed by atoms with Gasteiger partial charge >= 0.3 is 10.2 Å². The van der Waals surface area contributed by atoms with Crippen LogP contribution in [0.2, 0.25) is 0 Å². The van der Waals surface area contributed by atoms with E-state index in [2.05, 4.69) is 21.9 Å². The second-order valence-electron chi connectivity index (χ2n) is 7.57. The van der Waals surface area contributed by atoms with Gasteiger partial charge in [0.2, 0.25) is 0 Å². The maximum absolute atomic E-state index is 12.5. The van der Waals surface area contributed by atoms with Crippen LogP contribution in [-0.2, 0) is 10.2 Å². The van der Waals surface area contributed by atoms with E-state index in [-0.39, 0.29) is 0 Å². The van der Waals surface area contributed by atoms with Gasteiger partial charge in [0.25, 0.3) is 0 Å². The van der Waals surface area contributed by atoms with E-state index in [9.17, 15) is 13.5 Å². The molecule has 1 aromatic heterocycles.